The normalized spacial score (nSPS) is 14.8. The van der Waals surface area contributed by atoms with E-state index in [-0.39, 0.29) is 5.91 Å². The van der Waals surface area contributed by atoms with Gasteiger partial charge in [-0.1, -0.05) is 19.3 Å². The Morgan fingerprint density at radius 2 is 2.26 bits per heavy atom. The highest BCUT2D eigenvalue weighted by Gasteiger charge is 2.17. The molecule has 1 aliphatic carbocycles. The smallest absolute Gasteiger partial charge is 0.251 e. The van der Waals surface area contributed by atoms with Crippen molar-refractivity contribution in [3.05, 3.63) is 23.8 Å². The average molecular weight is 262 g/mol. The van der Waals surface area contributed by atoms with Gasteiger partial charge < -0.3 is 15.8 Å². The number of nitrogen functional groups attached to an aromatic ring is 1. The lowest BCUT2D eigenvalue weighted by molar-refractivity contribution is 0.0956. The largest absolute Gasteiger partial charge is 0.491 e. The summed E-state index contributed by atoms with van der Waals surface area (Å²) in [4.78, 5) is 11.7. The summed E-state index contributed by atoms with van der Waals surface area (Å²) in [5.74, 6) is 1.40. The number of amides is 1. The van der Waals surface area contributed by atoms with E-state index in [1.165, 1.54) is 19.3 Å². The predicted molar refractivity (Wildman–Crippen MR) is 76.3 cm³/mol. The molecule has 0 saturated heterocycles. The van der Waals surface area contributed by atoms with Gasteiger partial charge in [-0.2, -0.15) is 0 Å². The molecule has 19 heavy (non-hydrogen) atoms. The minimum absolute atomic E-state index is 0.102. The molecule has 0 heterocycles. The Balaban J connectivity index is 1.88. The lowest BCUT2D eigenvalue weighted by Gasteiger charge is -2.25. The van der Waals surface area contributed by atoms with Crippen LogP contribution in [-0.4, -0.2) is 19.1 Å². The van der Waals surface area contributed by atoms with Crippen molar-refractivity contribution in [3.8, 4) is 5.75 Å². The van der Waals surface area contributed by atoms with E-state index < -0.39 is 0 Å². The van der Waals surface area contributed by atoms with Gasteiger partial charge in [-0.3, -0.25) is 4.79 Å². The van der Waals surface area contributed by atoms with Crippen LogP contribution < -0.4 is 15.8 Å². The molecule has 4 nitrogen and oxygen atoms in total. The van der Waals surface area contributed by atoms with Crippen molar-refractivity contribution in [2.24, 2.45) is 5.92 Å². The van der Waals surface area contributed by atoms with E-state index >= 15 is 0 Å². The maximum absolute atomic E-state index is 11.7. The standard InChI is InChI=1S/C15H22N2O2/c1-2-17-15(18)12-6-7-14(13(16)10-12)19-9-8-11-4-3-5-11/h6-7,10-11H,2-5,8-9,16H2,1H3,(H,17,18). The Labute approximate surface area is 114 Å². The van der Waals surface area contributed by atoms with E-state index in [0.29, 0.717) is 30.2 Å². The first kappa shape index (κ1) is 13.7. The summed E-state index contributed by atoms with van der Waals surface area (Å²) in [7, 11) is 0. The Morgan fingerprint density at radius 1 is 1.47 bits per heavy atom. The number of rotatable bonds is 6. The zero-order valence-corrected chi connectivity index (χ0v) is 11.4. The quantitative estimate of drug-likeness (QED) is 0.774. The minimum Gasteiger partial charge on any atom is -0.491 e. The van der Waals surface area contributed by atoms with E-state index in [1.54, 1.807) is 18.2 Å². The molecular weight excluding hydrogens is 240 g/mol. The summed E-state index contributed by atoms with van der Waals surface area (Å²) >= 11 is 0. The van der Waals surface area contributed by atoms with Gasteiger partial charge in [-0.05, 0) is 37.5 Å². The number of benzene rings is 1. The van der Waals surface area contributed by atoms with Crippen molar-refractivity contribution < 1.29 is 9.53 Å². The van der Waals surface area contributed by atoms with Crippen molar-refractivity contribution in [1.82, 2.24) is 5.32 Å². The summed E-state index contributed by atoms with van der Waals surface area (Å²) in [5.41, 5.74) is 7.01. The zero-order chi connectivity index (χ0) is 13.7. The number of nitrogens with one attached hydrogen (secondary N) is 1. The molecule has 0 unspecified atom stereocenters. The molecule has 0 aromatic heterocycles. The molecule has 2 rings (SSSR count). The van der Waals surface area contributed by atoms with E-state index in [9.17, 15) is 4.79 Å². The number of hydrogen-bond donors (Lipinski definition) is 2. The van der Waals surface area contributed by atoms with E-state index in [1.807, 2.05) is 6.92 Å². The number of carbonyl (C=O) groups excluding carboxylic acids is 1. The molecule has 1 aliphatic rings. The maximum Gasteiger partial charge on any atom is 0.251 e. The molecule has 3 N–H and O–H groups in total. The van der Waals surface area contributed by atoms with Gasteiger partial charge in [-0.25, -0.2) is 0 Å². The first-order chi connectivity index (χ1) is 9.20. The lowest BCUT2D eigenvalue weighted by atomic mass is 9.83. The third-order valence-corrected chi connectivity index (χ3v) is 3.62. The molecule has 1 aromatic carbocycles. The Bertz CT molecular complexity index is 442. The van der Waals surface area contributed by atoms with Crippen molar-refractivity contribution in [3.63, 3.8) is 0 Å². The van der Waals surface area contributed by atoms with Crippen LogP contribution in [0.1, 0.15) is 43.0 Å². The number of nitrogens with two attached hydrogens (primary N) is 1. The van der Waals surface area contributed by atoms with Crippen LogP contribution in [0.25, 0.3) is 0 Å². The lowest BCUT2D eigenvalue weighted by Crippen LogP contribution is -2.22. The van der Waals surface area contributed by atoms with E-state index in [0.717, 1.165) is 12.3 Å². The molecule has 0 spiro atoms. The fraction of sp³-hybridized carbons (Fsp3) is 0.533. The molecule has 4 heteroatoms. The summed E-state index contributed by atoms with van der Waals surface area (Å²) in [6, 6.07) is 5.20. The Morgan fingerprint density at radius 3 is 2.84 bits per heavy atom. The minimum atomic E-state index is -0.102. The number of carbonyl (C=O) groups is 1. The number of hydrogen-bond acceptors (Lipinski definition) is 3. The molecule has 0 bridgehead atoms. The van der Waals surface area contributed by atoms with E-state index in [2.05, 4.69) is 5.32 Å². The van der Waals surface area contributed by atoms with Crippen molar-refractivity contribution in [2.45, 2.75) is 32.6 Å². The topological polar surface area (TPSA) is 64.3 Å². The molecule has 0 aliphatic heterocycles. The molecule has 0 radical (unpaired) electrons. The van der Waals surface area contributed by atoms with Gasteiger partial charge in [0.25, 0.3) is 5.91 Å². The fourth-order valence-corrected chi connectivity index (χ4v) is 2.20. The summed E-state index contributed by atoms with van der Waals surface area (Å²) in [5, 5.41) is 2.75. The van der Waals surface area contributed by atoms with Crippen molar-refractivity contribution in [2.75, 3.05) is 18.9 Å². The fourth-order valence-electron chi connectivity index (χ4n) is 2.20. The zero-order valence-electron chi connectivity index (χ0n) is 11.4. The second kappa shape index (κ2) is 6.45. The third kappa shape index (κ3) is 3.63. The van der Waals surface area contributed by atoms with Crippen LogP contribution in [0, 0.1) is 5.92 Å². The van der Waals surface area contributed by atoms with Crippen molar-refractivity contribution in [1.29, 1.82) is 0 Å². The first-order valence-corrected chi connectivity index (χ1v) is 7.01. The van der Waals surface area contributed by atoms with E-state index in [4.69, 9.17) is 10.5 Å². The van der Waals surface area contributed by atoms with Crippen LogP contribution in [0.5, 0.6) is 5.75 Å². The summed E-state index contributed by atoms with van der Waals surface area (Å²) < 4.78 is 5.68. The highest BCUT2D eigenvalue weighted by atomic mass is 16.5. The van der Waals surface area contributed by atoms with Gasteiger partial charge in [0.15, 0.2) is 0 Å². The first-order valence-electron chi connectivity index (χ1n) is 7.01. The highest BCUT2D eigenvalue weighted by molar-refractivity contribution is 5.95. The predicted octanol–water partition coefficient (Wildman–Crippen LogP) is 2.59. The van der Waals surface area contributed by atoms with Gasteiger partial charge in [0.1, 0.15) is 5.75 Å². The molecular formula is C15H22N2O2. The van der Waals surface area contributed by atoms with Gasteiger partial charge in [0, 0.05) is 12.1 Å². The second-order valence-corrected chi connectivity index (χ2v) is 5.05. The van der Waals surface area contributed by atoms with Gasteiger partial charge in [-0.15, -0.1) is 0 Å². The molecule has 1 amide bonds. The summed E-state index contributed by atoms with van der Waals surface area (Å²) in [6.45, 7) is 3.20. The van der Waals surface area contributed by atoms with Crippen LogP contribution >= 0.6 is 0 Å². The van der Waals surface area contributed by atoms with Crippen LogP contribution in [0.15, 0.2) is 18.2 Å². The van der Waals surface area contributed by atoms with Crippen LogP contribution in [-0.2, 0) is 0 Å². The second-order valence-electron chi connectivity index (χ2n) is 5.05. The number of ether oxygens (including phenoxy) is 1. The van der Waals surface area contributed by atoms with Gasteiger partial charge >= 0.3 is 0 Å². The maximum atomic E-state index is 11.7. The van der Waals surface area contributed by atoms with Gasteiger partial charge in [0.2, 0.25) is 0 Å². The SMILES string of the molecule is CCNC(=O)c1ccc(OCCC2CCC2)c(N)c1. The van der Waals surface area contributed by atoms with Crippen molar-refractivity contribution >= 4 is 11.6 Å². The number of anilines is 1. The monoisotopic (exact) mass is 262 g/mol. The highest BCUT2D eigenvalue weighted by Crippen LogP contribution is 2.30. The third-order valence-electron chi connectivity index (χ3n) is 3.62. The van der Waals surface area contributed by atoms with Crippen LogP contribution in [0.3, 0.4) is 0 Å². The molecule has 1 aromatic rings. The average Bonchev–Trinajstić information content (AvgIpc) is 2.34. The Kier molecular flexibility index (Phi) is 4.66. The Hall–Kier alpha value is -1.71. The van der Waals surface area contributed by atoms with Crippen LogP contribution in [0.2, 0.25) is 0 Å². The molecule has 1 fully saturated rings. The molecule has 0 atom stereocenters. The molecule has 1 saturated carbocycles. The molecule has 104 valence electrons. The van der Waals surface area contributed by atoms with Gasteiger partial charge in [0.05, 0.1) is 12.3 Å². The van der Waals surface area contributed by atoms with Crippen LogP contribution in [0.4, 0.5) is 5.69 Å². The summed E-state index contributed by atoms with van der Waals surface area (Å²) in [6.07, 6.45) is 5.11.